The molecule has 3 rings (SSSR count). The Bertz CT molecular complexity index is 1050. The van der Waals surface area contributed by atoms with Crippen LogP contribution in [0.15, 0.2) is 35.9 Å². The molecule has 1 heterocycles. The molecule has 0 unspecified atom stereocenters. The van der Waals surface area contributed by atoms with Crippen molar-refractivity contribution >= 4 is 81.6 Å². The fourth-order valence-electron chi connectivity index (χ4n) is 2.73. The van der Waals surface area contributed by atoms with Gasteiger partial charge in [0.1, 0.15) is 12.2 Å². The van der Waals surface area contributed by atoms with Gasteiger partial charge in [0.25, 0.3) is 11.8 Å². The molecule has 0 saturated carbocycles. The van der Waals surface area contributed by atoms with Gasteiger partial charge in [0.2, 0.25) is 0 Å². The Kier molecular flexibility index (Phi) is 6.95. The lowest BCUT2D eigenvalue weighted by atomic mass is 10.1. The predicted octanol–water partition coefficient (Wildman–Crippen LogP) is 5.48. The molecule has 0 radical (unpaired) electrons. The number of rotatable bonds is 4. The number of ether oxygens (including phenoxy) is 1. The zero-order valence-electron chi connectivity index (χ0n) is 15.7. The summed E-state index contributed by atoms with van der Waals surface area (Å²) in [5, 5.41) is 1.53. The summed E-state index contributed by atoms with van der Waals surface area (Å²) in [6.07, 6.45) is 1.41. The Morgan fingerprint density at radius 3 is 2.03 bits per heavy atom. The highest BCUT2D eigenvalue weighted by atomic mass is 35.5. The SMILES string of the molecule is CN1C(=O)C(=Cc2cc(Cl)c(OCc3ccc(Cl)cc3Cl)c(Cl)c2)C(=O)N(C)C1=S. The number of nitrogens with zero attached hydrogens (tertiary/aromatic N) is 2. The van der Waals surface area contributed by atoms with Gasteiger partial charge in [-0.25, -0.2) is 0 Å². The largest absolute Gasteiger partial charge is 0.486 e. The smallest absolute Gasteiger partial charge is 0.265 e. The molecule has 1 fully saturated rings. The Labute approximate surface area is 198 Å². The van der Waals surface area contributed by atoms with Crippen LogP contribution in [-0.2, 0) is 16.2 Å². The molecule has 0 N–H and O–H groups in total. The molecule has 0 atom stereocenters. The highest BCUT2D eigenvalue weighted by Crippen LogP contribution is 2.36. The van der Waals surface area contributed by atoms with Crippen molar-refractivity contribution in [3.63, 3.8) is 0 Å². The molecule has 0 aromatic heterocycles. The lowest BCUT2D eigenvalue weighted by molar-refractivity contribution is -0.132. The summed E-state index contributed by atoms with van der Waals surface area (Å²) in [6.45, 7) is 0.125. The average molecular weight is 504 g/mol. The second kappa shape index (κ2) is 9.12. The van der Waals surface area contributed by atoms with Crippen LogP contribution in [0.5, 0.6) is 5.75 Å². The second-order valence-electron chi connectivity index (χ2n) is 6.41. The summed E-state index contributed by atoms with van der Waals surface area (Å²) >= 11 is 29.8. The molecular formula is C20H14Cl4N2O3S. The average Bonchev–Trinajstić information content (AvgIpc) is 2.69. The number of amides is 2. The molecule has 0 spiro atoms. The molecule has 1 aliphatic rings. The van der Waals surface area contributed by atoms with Gasteiger partial charge in [-0.1, -0.05) is 52.5 Å². The number of hydrogen-bond acceptors (Lipinski definition) is 4. The minimum atomic E-state index is -0.506. The third-order valence-electron chi connectivity index (χ3n) is 4.36. The van der Waals surface area contributed by atoms with E-state index in [4.69, 9.17) is 63.4 Å². The van der Waals surface area contributed by atoms with Crippen molar-refractivity contribution < 1.29 is 14.3 Å². The van der Waals surface area contributed by atoms with Crippen molar-refractivity contribution in [2.24, 2.45) is 0 Å². The fourth-order valence-corrected chi connectivity index (χ4v) is 3.97. The summed E-state index contributed by atoms with van der Waals surface area (Å²) in [7, 11) is 3.00. The topological polar surface area (TPSA) is 49.9 Å². The second-order valence-corrected chi connectivity index (χ2v) is 8.43. The van der Waals surface area contributed by atoms with Gasteiger partial charge in [-0.05, 0) is 48.1 Å². The van der Waals surface area contributed by atoms with Crippen molar-refractivity contribution in [1.82, 2.24) is 9.80 Å². The molecule has 2 aromatic carbocycles. The molecule has 30 heavy (non-hydrogen) atoms. The van der Waals surface area contributed by atoms with Crippen LogP contribution in [0.25, 0.3) is 6.08 Å². The van der Waals surface area contributed by atoms with Gasteiger partial charge in [-0.2, -0.15) is 0 Å². The van der Waals surface area contributed by atoms with E-state index in [0.717, 1.165) is 0 Å². The normalized spacial score (nSPS) is 14.5. The van der Waals surface area contributed by atoms with E-state index in [-0.39, 0.29) is 33.1 Å². The standard InChI is InChI=1S/C20H14Cl4N2O3S/c1-25-18(27)13(19(28)26(2)20(25)30)5-10-6-15(23)17(16(24)7-10)29-9-11-3-4-12(21)8-14(11)22/h3-8H,9H2,1-2H3. The van der Waals surface area contributed by atoms with Crippen LogP contribution >= 0.6 is 58.6 Å². The lowest BCUT2D eigenvalue weighted by Crippen LogP contribution is -2.52. The molecule has 2 amide bonds. The van der Waals surface area contributed by atoms with Crippen LogP contribution in [0.4, 0.5) is 0 Å². The highest BCUT2D eigenvalue weighted by Gasteiger charge is 2.35. The van der Waals surface area contributed by atoms with Crippen LogP contribution in [-0.4, -0.2) is 40.8 Å². The summed E-state index contributed by atoms with van der Waals surface area (Å²) in [4.78, 5) is 27.4. The van der Waals surface area contributed by atoms with Crippen molar-refractivity contribution in [3.05, 3.63) is 67.1 Å². The zero-order valence-corrected chi connectivity index (χ0v) is 19.6. The van der Waals surface area contributed by atoms with Crippen molar-refractivity contribution in [3.8, 4) is 5.75 Å². The van der Waals surface area contributed by atoms with Crippen molar-refractivity contribution in [1.29, 1.82) is 0 Å². The van der Waals surface area contributed by atoms with Crippen LogP contribution in [0.2, 0.25) is 20.1 Å². The van der Waals surface area contributed by atoms with Gasteiger partial charge in [0.05, 0.1) is 10.0 Å². The van der Waals surface area contributed by atoms with Gasteiger partial charge in [-0.3, -0.25) is 19.4 Å². The van der Waals surface area contributed by atoms with Crippen molar-refractivity contribution in [2.75, 3.05) is 14.1 Å². The Morgan fingerprint density at radius 1 is 0.933 bits per heavy atom. The van der Waals surface area contributed by atoms with Gasteiger partial charge in [-0.15, -0.1) is 0 Å². The first kappa shape index (κ1) is 22.8. The molecule has 2 aromatic rings. The van der Waals surface area contributed by atoms with Gasteiger partial charge < -0.3 is 4.74 Å². The molecule has 0 aliphatic carbocycles. The minimum absolute atomic E-state index is 0.0534. The number of thiocarbonyl (C=S) groups is 1. The lowest BCUT2D eigenvalue weighted by Gasteiger charge is -2.31. The van der Waals surface area contributed by atoms with Crippen LogP contribution < -0.4 is 4.74 Å². The number of halogens is 4. The maximum Gasteiger partial charge on any atom is 0.265 e. The van der Waals surface area contributed by atoms with E-state index in [1.165, 1.54) is 30.0 Å². The van der Waals surface area contributed by atoms with E-state index in [0.29, 0.717) is 21.2 Å². The fraction of sp³-hybridized carbons (Fsp3) is 0.150. The Morgan fingerprint density at radius 2 is 1.50 bits per heavy atom. The maximum atomic E-state index is 12.5. The summed E-state index contributed by atoms with van der Waals surface area (Å²) in [6, 6.07) is 8.14. The predicted molar refractivity (Wildman–Crippen MR) is 123 cm³/mol. The van der Waals surface area contributed by atoms with E-state index < -0.39 is 11.8 Å². The monoisotopic (exact) mass is 502 g/mol. The first-order valence-electron chi connectivity index (χ1n) is 8.47. The number of hydrogen-bond donors (Lipinski definition) is 0. The van der Waals surface area contributed by atoms with Gasteiger partial charge in [0, 0.05) is 29.7 Å². The highest BCUT2D eigenvalue weighted by molar-refractivity contribution is 7.80. The van der Waals surface area contributed by atoms with Gasteiger partial charge >= 0.3 is 0 Å². The number of benzene rings is 2. The summed E-state index contributed by atoms with van der Waals surface area (Å²) in [5.74, 6) is -0.760. The number of likely N-dealkylation sites (N-methyl/N-ethyl adjacent to an activating group) is 2. The van der Waals surface area contributed by atoms with Gasteiger partial charge in [0.15, 0.2) is 10.9 Å². The quantitative estimate of drug-likeness (QED) is 0.315. The Hall–Kier alpha value is -1.83. The van der Waals surface area contributed by atoms with Crippen LogP contribution in [0.3, 0.4) is 0 Å². The molecule has 156 valence electrons. The molecule has 1 aliphatic heterocycles. The summed E-state index contributed by atoms with van der Waals surface area (Å²) in [5.41, 5.74) is 1.12. The first-order chi connectivity index (χ1) is 14.1. The molecule has 10 heteroatoms. The van der Waals surface area contributed by atoms with E-state index in [1.54, 1.807) is 30.3 Å². The van der Waals surface area contributed by atoms with E-state index in [2.05, 4.69) is 0 Å². The minimum Gasteiger partial charge on any atom is -0.486 e. The molecular weight excluding hydrogens is 490 g/mol. The van der Waals surface area contributed by atoms with Crippen molar-refractivity contribution in [2.45, 2.75) is 6.61 Å². The maximum absolute atomic E-state index is 12.5. The number of carbonyl (C=O) groups excluding carboxylic acids is 2. The van der Waals surface area contributed by atoms with Crippen LogP contribution in [0, 0.1) is 0 Å². The van der Waals surface area contributed by atoms with E-state index >= 15 is 0 Å². The summed E-state index contributed by atoms with van der Waals surface area (Å²) < 4.78 is 5.73. The first-order valence-corrected chi connectivity index (χ1v) is 10.4. The van der Waals surface area contributed by atoms with E-state index in [9.17, 15) is 9.59 Å². The molecule has 5 nitrogen and oxygen atoms in total. The zero-order chi connectivity index (χ0) is 22.2. The molecule has 0 bridgehead atoms. The molecule has 1 saturated heterocycles. The van der Waals surface area contributed by atoms with E-state index in [1.807, 2.05) is 0 Å². The Balaban J connectivity index is 1.87. The third kappa shape index (κ3) is 4.58. The van der Waals surface area contributed by atoms with Crippen LogP contribution in [0.1, 0.15) is 11.1 Å². The number of carbonyl (C=O) groups is 2. The third-order valence-corrected chi connectivity index (χ3v) is 6.06.